The zero-order valence-electron chi connectivity index (χ0n) is 9.70. The molecule has 0 radical (unpaired) electrons. The van der Waals surface area contributed by atoms with Crippen LogP contribution in [0.2, 0.25) is 0 Å². The Labute approximate surface area is 98.1 Å². The first kappa shape index (κ1) is 11.5. The standard InChI is InChI=1S/C11H13FN4O/c1-3-9-10(12)11(15-6-14-9)13-5-8-4-7(2)16-17-8/h4,6H,3,5H2,1-2H3,(H,13,14,15). The Morgan fingerprint density at radius 1 is 1.41 bits per heavy atom. The van der Waals surface area contributed by atoms with E-state index in [2.05, 4.69) is 20.4 Å². The Kier molecular flexibility index (Phi) is 3.32. The largest absolute Gasteiger partial charge is 0.360 e. The molecule has 5 nitrogen and oxygen atoms in total. The van der Waals surface area contributed by atoms with Crippen LogP contribution in [-0.2, 0) is 13.0 Å². The normalized spacial score (nSPS) is 10.5. The van der Waals surface area contributed by atoms with Crippen molar-refractivity contribution in [2.24, 2.45) is 0 Å². The van der Waals surface area contributed by atoms with Crippen LogP contribution in [0, 0.1) is 12.7 Å². The topological polar surface area (TPSA) is 63.8 Å². The van der Waals surface area contributed by atoms with Gasteiger partial charge in [0.2, 0.25) is 0 Å². The monoisotopic (exact) mass is 236 g/mol. The van der Waals surface area contributed by atoms with Crippen LogP contribution in [0.4, 0.5) is 10.2 Å². The van der Waals surface area contributed by atoms with E-state index >= 15 is 0 Å². The molecule has 2 rings (SSSR count). The van der Waals surface area contributed by atoms with E-state index in [9.17, 15) is 4.39 Å². The van der Waals surface area contributed by atoms with Gasteiger partial charge in [0.15, 0.2) is 17.4 Å². The van der Waals surface area contributed by atoms with E-state index in [4.69, 9.17) is 4.52 Å². The highest BCUT2D eigenvalue weighted by atomic mass is 19.1. The van der Waals surface area contributed by atoms with Crippen molar-refractivity contribution in [1.82, 2.24) is 15.1 Å². The van der Waals surface area contributed by atoms with E-state index < -0.39 is 5.82 Å². The summed E-state index contributed by atoms with van der Waals surface area (Å²) in [6, 6.07) is 1.78. The summed E-state index contributed by atoms with van der Waals surface area (Å²) < 4.78 is 18.8. The summed E-state index contributed by atoms with van der Waals surface area (Å²) in [5.74, 6) is 0.413. The van der Waals surface area contributed by atoms with Crippen LogP contribution in [0.5, 0.6) is 0 Å². The Morgan fingerprint density at radius 2 is 2.24 bits per heavy atom. The molecule has 0 atom stereocenters. The highest BCUT2D eigenvalue weighted by molar-refractivity contribution is 5.37. The van der Waals surface area contributed by atoms with Gasteiger partial charge in [-0.2, -0.15) is 0 Å². The van der Waals surface area contributed by atoms with Gasteiger partial charge in [0.05, 0.1) is 17.9 Å². The number of halogens is 1. The van der Waals surface area contributed by atoms with Crippen LogP contribution >= 0.6 is 0 Å². The molecular weight excluding hydrogens is 223 g/mol. The van der Waals surface area contributed by atoms with Crippen molar-refractivity contribution in [3.63, 3.8) is 0 Å². The Hall–Kier alpha value is -1.98. The SMILES string of the molecule is CCc1ncnc(NCc2cc(C)no2)c1F. The lowest BCUT2D eigenvalue weighted by Gasteiger charge is -2.06. The van der Waals surface area contributed by atoms with Crippen LogP contribution in [0.15, 0.2) is 16.9 Å². The lowest BCUT2D eigenvalue weighted by atomic mass is 10.3. The van der Waals surface area contributed by atoms with Crippen LogP contribution in [0.25, 0.3) is 0 Å². The molecule has 90 valence electrons. The van der Waals surface area contributed by atoms with Gasteiger partial charge in [-0.15, -0.1) is 0 Å². The third-order valence-corrected chi connectivity index (χ3v) is 2.30. The van der Waals surface area contributed by atoms with Crippen molar-refractivity contribution in [2.75, 3.05) is 5.32 Å². The van der Waals surface area contributed by atoms with Gasteiger partial charge in [-0.3, -0.25) is 0 Å². The molecule has 2 heterocycles. The molecule has 0 spiro atoms. The molecule has 0 saturated heterocycles. The van der Waals surface area contributed by atoms with Crippen LogP contribution < -0.4 is 5.32 Å². The van der Waals surface area contributed by atoms with Gasteiger partial charge < -0.3 is 9.84 Å². The third-order valence-electron chi connectivity index (χ3n) is 2.30. The second-order valence-electron chi connectivity index (χ2n) is 3.62. The number of rotatable bonds is 4. The van der Waals surface area contributed by atoms with Crippen molar-refractivity contribution >= 4 is 5.82 Å². The maximum Gasteiger partial charge on any atom is 0.186 e. The molecule has 0 aromatic carbocycles. The lowest BCUT2D eigenvalue weighted by Crippen LogP contribution is -2.06. The lowest BCUT2D eigenvalue weighted by molar-refractivity contribution is 0.384. The summed E-state index contributed by atoms with van der Waals surface area (Å²) in [6.07, 6.45) is 1.88. The average molecular weight is 236 g/mol. The molecule has 0 aliphatic rings. The minimum Gasteiger partial charge on any atom is -0.360 e. The Morgan fingerprint density at radius 3 is 2.88 bits per heavy atom. The number of anilines is 1. The van der Waals surface area contributed by atoms with Gasteiger partial charge in [0.25, 0.3) is 0 Å². The molecule has 1 N–H and O–H groups in total. The van der Waals surface area contributed by atoms with E-state index in [0.29, 0.717) is 24.4 Å². The average Bonchev–Trinajstić information content (AvgIpc) is 2.74. The highest BCUT2D eigenvalue weighted by Gasteiger charge is 2.10. The number of nitrogens with one attached hydrogen (secondary N) is 1. The number of hydrogen-bond donors (Lipinski definition) is 1. The number of hydrogen-bond acceptors (Lipinski definition) is 5. The fraction of sp³-hybridized carbons (Fsp3) is 0.364. The third kappa shape index (κ3) is 2.58. The molecule has 0 aliphatic carbocycles. The first-order chi connectivity index (χ1) is 8.20. The van der Waals surface area contributed by atoms with Crippen LogP contribution in [0.1, 0.15) is 24.1 Å². The predicted octanol–water partition coefficient (Wildman–Crippen LogP) is 2.09. The van der Waals surface area contributed by atoms with Gasteiger partial charge in [-0.05, 0) is 13.3 Å². The molecule has 2 aromatic heterocycles. The maximum absolute atomic E-state index is 13.7. The van der Waals surface area contributed by atoms with Gasteiger partial charge in [0.1, 0.15) is 6.33 Å². The molecular formula is C11H13FN4O. The summed E-state index contributed by atoms with van der Waals surface area (Å²) >= 11 is 0. The quantitative estimate of drug-likeness (QED) is 0.880. The van der Waals surface area contributed by atoms with Crippen molar-refractivity contribution in [1.29, 1.82) is 0 Å². The van der Waals surface area contributed by atoms with Gasteiger partial charge in [-0.25, -0.2) is 14.4 Å². The Balaban J connectivity index is 2.09. The zero-order valence-corrected chi connectivity index (χ0v) is 9.70. The van der Waals surface area contributed by atoms with E-state index in [1.54, 1.807) is 6.07 Å². The van der Waals surface area contributed by atoms with Crippen LogP contribution in [0.3, 0.4) is 0 Å². The highest BCUT2D eigenvalue weighted by Crippen LogP contribution is 2.14. The van der Waals surface area contributed by atoms with E-state index in [1.807, 2.05) is 13.8 Å². The molecule has 0 aliphatic heterocycles. The zero-order chi connectivity index (χ0) is 12.3. The van der Waals surface area contributed by atoms with Crippen molar-refractivity contribution < 1.29 is 8.91 Å². The van der Waals surface area contributed by atoms with E-state index in [-0.39, 0.29) is 5.82 Å². The summed E-state index contributed by atoms with van der Waals surface area (Å²) in [7, 11) is 0. The second kappa shape index (κ2) is 4.90. The summed E-state index contributed by atoms with van der Waals surface area (Å²) in [5, 5.41) is 6.60. The number of aryl methyl sites for hydroxylation is 2. The minimum atomic E-state index is -0.411. The Bertz CT molecular complexity index is 512. The molecule has 0 amide bonds. The molecule has 0 fully saturated rings. The summed E-state index contributed by atoms with van der Waals surface area (Å²) in [6.45, 7) is 4.01. The van der Waals surface area contributed by atoms with Crippen molar-refractivity contribution in [3.8, 4) is 0 Å². The molecule has 0 bridgehead atoms. The maximum atomic E-state index is 13.7. The molecule has 2 aromatic rings. The summed E-state index contributed by atoms with van der Waals surface area (Å²) in [4.78, 5) is 7.70. The minimum absolute atomic E-state index is 0.186. The van der Waals surface area contributed by atoms with Crippen LogP contribution in [-0.4, -0.2) is 15.1 Å². The number of aromatic nitrogens is 3. The molecule has 0 unspecified atom stereocenters. The smallest absolute Gasteiger partial charge is 0.186 e. The fourth-order valence-corrected chi connectivity index (χ4v) is 1.45. The summed E-state index contributed by atoms with van der Waals surface area (Å²) in [5.41, 5.74) is 1.19. The van der Waals surface area contributed by atoms with Gasteiger partial charge in [0, 0.05) is 6.07 Å². The number of nitrogens with zero attached hydrogens (tertiary/aromatic N) is 3. The van der Waals surface area contributed by atoms with E-state index in [1.165, 1.54) is 6.33 Å². The molecule has 6 heteroatoms. The van der Waals surface area contributed by atoms with Crippen molar-refractivity contribution in [2.45, 2.75) is 26.8 Å². The first-order valence-corrected chi connectivity index (χ1v) is 5.36. The van der Waals surface area contributed by atoms with E-state index in [0.717, 1.165) is 5.69 Å². The van der Waals surface area contributed by atoms with Gasteiger partial charge >= 0.3 is 0 Å². The molecule has 17 heavy (non-hydrogen) atoms. The first-order valence-electron chi connectivity index (χ1n) is 5.36. The van der Waals surface area contributed by atoms with Crippen molar-refractivity contribution in [3.05, 3.63) is 35.4 Å². The van der Waals surface area contributed by atoms with Gasteiger partial charge in [-0.1, -0.05) is 12.1 Å². The molecule has 0 saturated carbocycles. The fourth-order valence-electron chi connectivity index (χ4n) is 1.45. The second-order valence-corrected chi connectivity index (χ2v) is 3.62. The predicted molar refractivity (Wildman–Crippen MR) is 59.9 cm³/mol.